The molecule has 0 aromatic heterocycles. The van der Waals surface area contributed by atoms with Crippen molar-refractivity contribution < 1.29 is 19.4 Å². The molecule has 0 fully saturated rings. The normalized spacial score (nSPS) is 11.5. The molecule has 0 radical (unpaired) electrons. The molecule has 1 rings (SSSR count). The smallest absolute Gasteiger partial charge is 0.304 e. The van der Waals surface area contributed by atoms with Crippen LogP contribution in [0.1, 0.15) is 31.4 Å². The van der Waals surface area contributed by atoms with Crippen molar-refractivity contribution in [3.63, 3.8) is 0 Å². The third-order valence-corrected chi connectivity index (χ3v) is 2.54. The van der Waals surface area contributed by atoms with E-state index >= 15 is 0 Å². The summed E-state index contributed by atoms with van der Waals surface area (Å²) in [4.78, 5) is 10.7. The number of aliphatic hydroxyl groups excluding tert-OH is 1. The lowest BCUT2D eigenvalue weighted by Gasteiger charge is -2.24. The zero-order valence-corrected chi connectivity index (χ0v) is 9.33. The molecule has 1 aromatic carbocycles. The van der Waals surface area contributed by atoms with Gasteiger partial charge in [-0.05, 0) is 17.2 Å². The molecule has 0 saturated heterocycles. The highest BCUT2D eigenvalue weighted by Gasteiger charge is 2.27. The van der Waals surface area contributed by atoms with Gasteiger partial charge >= 0.3 is 5.97 Å². The second kappa shape index (κ2) is 4.61. The van der Waals surface area contributed by atoms with Crippen LogP contribution in [0.5, 0.6) is 0 Å². The minimum Gasteiger partial charge on any atom is -0.481 e. The Balaban J connectivity index is 3.14. The van der Waals surface area contributed by atoms with Crippen LogP contribution in [0.3, 0.4) is 0 Å². The van der Waals surface area contributed by atoms with Crippen molar-refractivity contribution in [3.05, 3.63) is 35.1 Å². The number of benzene rings is 1. The molecular formula is C12H15FO3. The van der Waals surface area contributed by atoms with E-state index in [0.29, 0.717) is 11.1 Å². The molecule has 0 aliphatic carbocycles. The summed E-state index contributed by atoms with van der Waals surface area (Å²) in [5.74, 6) is -1.41. The van der Waals surface area contributed by atoms with E-state index in [4.69, 9.17) is 10.2 Å². The number of rotatable bonds is 4. The highest BCUT2D eigenvalue weighted by Crippen LogP contribution is 2.30. The molecule has 0 amide bonds. The van der Waals surface area contributed by atoms with Gasteiger partial charge in [0.1, 0.15) is 5.82 Å². The molecule has 3 nitrogen and oxygen atoms in total. The summed E-state index contributed by atoms with van der Waals surface area (Å²) >= 11 is 0. The molecule has 16 heavy (non-hydrogen) atoms. The van der Waals surface area contributed by atoms with Crippen LogP contribution < -0.4 is 0 Å². The SMILES string of the molecule is CC(C)(CC(=O)O)c1cc(CO)ccc1F. The van der Waals surface area contributed by atoms with Gasteiger partial charge in [0.25, 0.3) is 0 Å². The van der Waals surface area contributed by atoms with Gasteiger partial charge < -0.3 is 10.2 Å². The number of carboxylic acids is 1. The maximum absolute atomic E-state index is 13.6. The summed E-state index contributed by atoms with van der Waals surface area (Å²) in [5.41, 5.74) is 0.109. The lowest BCUT2D eigenvalue weighted by atomic mass is 9.80. The van der Waals surface area contributed by atoms with Gasteiger partial charge in [-0.15, -0.1) is 0 Å². The van der Waals surface area contributed by atoms with Gasteiger partial charge in [-0.1, -0.05) is 26.0 Å². The van der Waals surface area contributed by atoms with Crippen molar-refractivity contribution in [1.29, 1.82) is 0 Å². The minimum absolute atomic E-state index is 0.154. The Kier molecular flexibility index (Phi) is 3.65. The van der Waals surface area contributed by atoms with Crippen molar-refractivity contribution in [2.75, 3.05) is 0 Å². The standard InChI is InChI=1S/C12H15FO3/c1-12(2,6-11(15)16)9-5-8(7-14)3-4-10(9)13/h3-5,14H,6-7H2,1-2H3,(H,15,16). The lowest BCUT2D eigenvalue weighted by molar-refractivity contribution is -0.138. The first-order valence-corrected chi connectivity index (χ1v) is 4.98. The predicted molar refractivity (Wildman–Crippen MR) is 57.6 cm³/mol. The van der Waals surface area contributed by atoms with Crippen molar-refractivity contribution >= 4 is 5.97 Å². The van der Waals surface area contributed by atoms with Crippen molar-refractivity contribution in [3.8, 4) is 0 Å². The second-order valence-corrected chi connectivity index (χ2v) is 4.43. The topological polar surface area (TPSA) is 57.5 Å². The van der Waals surface area contributed by atoms with E-state index in [1.54, 1.807) is 13.8 Å². The Morgan fingerprint density at radius 1 is 1.44 bits per heavy atom. The number of hydrogen-bond donors (Lipinski definition) is 2. The average molecular weight is 226 g/mol. The fourth-order valence-corrected chi connectivity index (χ4v) is 1.66. The largest absolute Gasteiger partial charge is 0.481 e. The van der Waals surface area contributed by atoms with Crippen LogP contribution in [0, 0.1) is 5.82 Å². The van der Waals surface area contributed by atoms with Crippen LogP contribution in [0.25, 0.3) is 0 Å². The van der Waals surface area contributed by atoms with Gasteiger partial charge in [-0.25, -0.2) is 4.39 Å². The van der Waals surface area contributed by atoms with Crippen LogP contribution in [0.15, 0.2) is 18.2 Å². The Morgan fingerprint density at radius 2 is 2.06 bits per heavy atom. The van der Waals surface area contributed by atoms with Crippen LogP contribution in [0.2, 0.25) is 0 Å². The van der Waals surface area contributed by atoms with Gasteiger partial charge in [0.2, 0.25) is 0 Å². The minimum atomic E-state index is -0.973. The first-order chi connectivity index (χ1) is 7.36. The third kappa shape index (κ3) is 2.79. The molecule has 4 heteroatoms. The highest BCUT2D eigenvalue weighted by atomic mass is 19.1. The van der Waals surface area contributed by atoms with Crippen LogP contribution in [0.4, 0.5) is 4.39 Å². The Labute approximate surface area is 93.5 Å². The fourth-order valence-electron chi connectivity index (χ4n) is 1.66. The molecule has 1 aromatic rings. The van der Waals surface area contributed by atoms with Crippen LogP contribution in [-0.4, -0.2) is 16.2 Å². The first-order valence-electron chi connectivity index (χ1n) is 4.98. The van der Waals surface area contributed by atoms with E-state index in [1.807, 2.05) is 0 Å². The van der Waals surface area contributed by atoms with Gasteiger partial charge in [-0.2, -0.15) is 0 Å². The quantitative estimate of drug-likeness (QED) is 0.826. The number of hydrogen-bond acceptors (Lipinski definition) is 2. The van der Waals surface area contributed by atoms with Crippen LogP contribution in [-0.2, 0) is 16.8 Å². The summed E-state index contributed by atoms with van der Waals surface area (Å²) in [6.45, 7) is 3.15. The molecule has 2 N–H and O–H groups in total. The third-order valence-electron chi connectivity index (χ3n) is 2.54. The Morgan fingerprint density at radius 3 is 2.56 bits per heavy atom. The van der Waals surface area contributed by atoms with E-state index in [2.05, 4.69) is 0 Å². The molecular weight excluding hydrogens is 211 g/mol. The Hall–Kier alpha value is -1.42. The van der Waals surface area contributed by atoms with Crippen LogP contribution >= 0.6 is 0 Å². The average Bonchev–Trinajstić information content (AvgIpc) is 2.16. The van der Waals surface area contributed by atoms with Crippen molar-refractivity contribution in [2.45, 2.75) is 32.3 Å². The number of carboxylic acid groups (broad SMARTS) is 1. The lowest BCUT2D eigenvalue weighted by Crippen LogP contribution is -2.23. The second-order valence-electron chi connectivity index (χ2n) is 4.43. The summed E-state index contributed by atoms with van der Waals surface area (Å²) in [6, 6.07) is 4.25. The van der Waals surface area contributed by atoms with Gasteiger partial charge in [0, 0.05) is 5.41 Å². The van der Waals surface area contributed by atoms with E-state index in [0.717, 1.165) is 0 Å². The monoisotopic (exact) mass is 226 g/mol. The molecule has 0 atom stereocenters. The molecule has 0 aliphatic heterocycles. The number of aliphatic hydroxyl groups is 1. The molecule has 0 unspecified atom stereocenters. The summed E-state index contributed by atoms with van der Waals surface area (Å²) < 4.78 is 13.6. The van der Waals surface area contributed by atoms with Gasteiger partial charge in [-0.3, -0.25) is 4.79 Å². The van der Waals surface area contributed by atoms with Crippen molar-refractivity contribution in [2.24, 2.45) is 0 Å². The van der Waals surface area contributed by atoms with E-state index < -0.39 is 17.2 Å². The van der Waals surface area contributed by atoms with Crippen molar-refractivity contribution in [1.82, 2.24) is 0 Å². The molecule has 0 heterocycles. The summed E-state index contributed by atoms with van der Waals surface area (Å²) in [5, 5.41) is 17.7. The van der Waals surface area contributed by atoms with Gasteiger partial charge in [0.15, 0.2) is 0 Å². The zero-order valence-electron chi connectivity index (χ0n) is 9.33. The van der Waals surface area contributed by atoms with E-state index in [9.17, 15) is 9.18 Å². The number of carbonyl (C=O) groups is 1. The summed E-state index contributed by atoms with van der Waals surface area (Å²) in [7, 11) is 0. The molecule has 0 spiro atoms. The fraction of sp³-hybridized carbons (Fsp3) is 0.417. The molecule has 0 saturated carbocycles. The maximum atomic E-state index is 13.6. The number of halogens is 1. The number of aliphatic carboxylic acids is 1. The predicted octanol–water partition coefficient (Wildman–Crippen LogP) is 2.07. The molecule has 0 aliphatic rings. The molecule has 88 valence electrons. The summed E-state index contributed by atoms with van der Waals surface area (Å²) in [6.07, 6.45) is -0.154. The van der Waals surface area contributed by atoms with E-state index in [1.165, 1.54) is 18.2 Å². The molecule has 0 bridgehead atoms. The zero-order chi connectivity index (χ0) is 12.3. The highest BCUT2D eigenvalue weighted by molar-refractivity contribution is 5.69. The van der Waals surface area contributed by atoms with E-state index in [-0.39, 0.29) is 13.0 Å². The van der Waals surface area contributed by atoms with Gasteiger partial charge in [0.05, 0.1) is 13.0 Å². The maximum Gasteiger partial charge on any atom is 0.304 e. The first kappa shape index (κ1) is 12.6. The Bertz CT molecular complexity index is 399.